The monoisotopic (exact) mass is 148 g/mol. The SMILES string of the molecule is [S-]c1nsnc1[S-]. The number of aromatic nitrogens is 2. The fraction of sp³-hybridized carbons (Fsp3) is 0. The second-order valence-corrected chi connectivity index (χ2v) is 2.18. The van der Waals surface area contributed by atoms with Crippen LogP contribution in [0.3, 0.4) is 0 Å². The highest BCUT2D eigenvalue weighted by Crippen LogP contribution is 2.00. The summed E-state index contributed by atoms with van der Waals surface area (Å²) in [5.41, 5.74) is 0. The fourth-order valence-electron chi connectivity index (χ4n) is 0.173. The third-order valence-corrected chi connectivity index (χ3v) is 1.89. The first-order valence-electron chi connectivity index (χ1n) is 1.47. The molecule has 0 aliphatic heterocycles. The van der Waals surface area contributed by atoms with Crippen molar-refractivity contribution in [3.63, 3.8) is 0 Å². The van der Waals surface area contributed by atoms with Gasteiger partial charge in [-0.1, -0.05) is 10.1 Å². The number of hydrogen-bond acceptors (Lipinski definition) is 5. The summed E-state index contributed by atoms with van der Waals surface area (Å²) in [7, 11) is 0. The van der Waals surface area contributed by atoms with E-state index in [4.69, 9.17) is 0 Å². The van der Waals surface area contributed by atoms with Crippen LogP contribution in [0.15, 0.2) is 10.1 Å². The molecule has 1 aromatic heterocycles. The average Bonchev–Trinajstić information content (AvgIpc) is 1.91. The lowest BCUT2D eigenvalue weighted by atomic mass is 10.9. The van der Waals surface area contributed by atoms with Crippen molar-refractivity contribution in [2.45, 2.75) is 10.1 Å². The maximum atomic E-state index is 4.62. The van der Waals surface area contributed by atoms with E-state index < -0.39 is 0 Å². The van der Waals surface area contributed by atoms with Crippen LogP contribution in [0.4, 0.5) is 0 Å². The standard InChI is InChI=1S/C2H2N2S3/c5-1-2(6)4-7-3-1/h(H,3,5)(H,4,6)/p-2. The van der Waals surface area contributed by atoms with Crippen molar-refractivity contribution in [3.8, 4) is 0 Å². The summed E-state index contributed by atoms with van der Waals surface area (Å²) in [6.45, 7) is 0. The van der Waals surface area contributed by atoms with Gasteiger partial charge in [-0.15, -0.1) is 0 Å². The zero-order chi connectivity index (χ0) is 5.28. The first kappa shape index (κ1) is 5.14. The zero-order valence-electron chi connectivity index (χ0n) is 3.12. The van der Waals surface area contributed by atoms with Crippen molar-refractivity contribution >= 4 is 37.0 Å². The predicted octanol–water partition coefficient (Wildman–Crippen LogP) is 0.350. The molecule has 0 aliphatic carbocycles. The Morgan fingerprint density at radius 3 is 1.71 bits per heavy atom. The molecule has 0 fully saturated rings. The minimum absolute atomic E-state index is 0.444. The summed E-state index contributed by atoms with van der Waals surface area (Å²) >= 11 is 10.3. The second-order valence-electron chi connectivity index (χ2n) is 0.875. The van der Waals surface area contributed by atoms with Crippen molar-refractivity contribution in [1.29, 1.82) is 0 Å². The van der Waals surface area contributed by atoms with Crippen LogP contribution in [0.1, 0.15) is 0 Å². The van der Waals surface area contributed by atoms with Gasteiger partial charge in [0.2, 0.25) is 0 Å². The minimum atomic E-state index is 0.444. The summed E-state index contributed by atoms with van der Waals surface area (Å²) in [6, 6.07) is 0. The van der Waals surface area contributed by atoms with Gasteiger partial charge in [0, 0.05) is 0 Å². The average molecular weight is 148 g/mol. The summed E-state index contributed by atoms with van der Waals surface area (Å²) in [5, 5.41) is 0.889. The van der Waals surface area contributed by atoms with E-state index in [2.05, 4.69) is 34.0 Å². The van der Waals surface area contributed by atoms with Crippen molar-refractivity contribution in [2.75, 3.05) is 0 Å². The maximum absolute atomic E-state index is 4.62. The largest absolute Gasteiger partial charge is 0.759 e. The molecule has 0 aliphatic rings. The second kappa shape index (κ2) is 1.85. The van der Waals surface area contributed by atoms with Gasteiger partial charge < -0.3 is 25.3 Å². The van der Waals surface area contributed by atoms with Gasteiger partial charge in [-0.2, -0.15) is 0 Å². The molecule has 0 N–H and O–H groups in total. The molecule has 0 radical (unpaired) electrons. The molecule has 0 bridgehead atoms. The van der Waals surface area contributed by atoms with Crippen LogP contribution in [-0.4, -0.2) is 8.75 Å². The molecular formula is C2N2S3-2. The van der Waals surface area contributed by atoms with Crippen molar-refractivity contribution in [1.82, 2.24) is 8.75 Å². The van der Waals surface area contributed by atoms with Gasteiger partial charge in [0.15, 0.2) is 0 Å². The summed E-state index contributed by atoms with van der Waals surface area (Å²) in [5.74, 6) is 0. The van der Waals surface area contributed by atoms with Crippen LogP contribution in [0.2, 0.25) is 0 Å². The highest BCUT2D eigenvalue weighted by molar-refractivity contribution is 7.62. The van der Waals surface area contributed by atoms with Crippen LogP contribution < -0.4 is 0 Å². The van der Waals surface area contributed by atoms with Gasteiger partial charge in [0.05, 0.1) is 11.7 Å². The Labute approximate surface area is 56.1 Å². The first-order valence-corrected chi connectivity index (χ1v) is 3.02. The third kappa shape index (κ3) is 0.960. The molecule has 0 spiro atoms. The maximum Gasteiger partial charge on any atom is 0.0647 e. The molecule has 0 saturated carbocycles. The van der Waals surface area contributed by atoms with Gasteiger partial charge in [-0.25, -0.2) is 8.75 Å². The molecule has 0 atom stereocenters. The summed E-state index contributed by atoms with van der Waals surface area (Å²) < 4.78 is 7.31. The number of hydrogen-bond donors (Lipinski definition) is 0. The molecule has 0 amide bonds. The van der Waals surface area contributed by atoms with Gasteiger partial charge in [0.25, 0.3) is 0 Å². The molecule has 1 heterocycles. The highest BCUT2D eigenvalue weighted by Gasteiger charge is 1.74. The minimum Gasteiger partial charge on any atom is -0.759 e. The van der Waals surface area contributed by atoms with Gasteiger partial charge in [-0.3, -0.25) is 0 Å². The fourth-order valence-corrected chi connectivity index (χ4v) is 0.942. The van der Waals surface area contributed by atoms with Gasteiger partial charge in [-0.05, 0) is 0 Å². The Morgan fingerprint density at radius 2 is 1.57 bits per heavy atom. The summed E-state index contributed by atoms with van der Waals surface area (Å²) in [4.78, 5) is 0. The van der Waals surface area contributed by atoms with Crippen molar-refractivity contribution in [2.24, 2.45) is 0 Å². The number of rotatable bonds is 0. The van der Waals surface area contributed by atoms with Gasteiger partial charge in [0.1, 0.15) is 0 Å². The van der Waals surface area contributed by atoms with Crippen LogP contribution in [-0.2, 0) is 25.3 Å². The Hall–Kier alpha value is -0.0000000000000000278. The third-order valence-electron chi connectivity index (χ3n) is 0.430. The Morgan fingerprint density at radius 1 is 1.14 bits per heavy atom. The lowest BCUT2D eigenvalue weighted by Crippen LogP contribution is -1.70. The van der Waals surface area contributed by atoms with Crippen molar-refractivity contribution in [3.05, 3.63) is 0 Å². The summed E-state index contributed by atoms with van der Waals surface area (Å²) in [6.07, 6.45) is 0. The van der Waals surface area contributed by atoms with Crippen LogP contribution in [0.5, 0.6) is 0 Å². The zero-order valence-corrected chi connectivity index (χ0v) is 5.57. The topological polar surface area (TPSA) is 25.8 Å². The van der Waals surface area contributed by atoms with Gasteiger partial charge >= 0.3 is 0 Å². The van der Waals surface area contributed by atoms with Crippen LogP contribution in [0.25, 0.3) is 0 Å². The molecule has 5 heteroatoms. The Balaban J connectivity index is 3.12. The molecule has 0 unspecified atom stereocenters. The van der Waals surface area contributed by atoms with E-state index in [9.17, 15) is 0 Å². The quantitative estimate of drug-likeness (QED) is 0.496. The molecule has 0 aromatic carbocycles. The normalized spacial score (nSPS) is 9.14. The molecule has 2 nitrogen and oxygen atoms in total. The lowest BCUT2D eigenvalue weighted by molar-refractivity contribution is 1.10. The number of nitrogens with zero attached hydrogens (tertiary/aromatic N) is 2. The molecule has 7 heavy (non-hydrogen) atoms. The first-order chi connectivity index (χ1) is 3.30. The van der Waals surface area contributed by atoms with E-state index in [1.54, 1.807) is 0 Å². The Bertz CT molecular complexity index is 143. The molecule has 1 aromatic rings. The molecular weight excluding hydrogens is 148 g/mol. The van der Waals surface area contributed by atoms with E-state index in [1.165, 1.54) is 0 Å². The van der Waals surface area contributed by atoms with Crippen molar-refractivity contribution < 1.29 is 0 Å². The smallest absolute Gasteiger partial charge is 0.0647 e. The van der Waals surface area contributed by atoms with Crippen LogP contribution >= 0.6 is 11.7 Å². The van der Waals surface area contributed by atoms with Crippen LogP contribution in [0, 0.1) is 0 Å². The molecule has 38 valence electrons. The predicted molar refractivity (Wildman–Crippen MR) is 31.2 cm³/mol. The van der Waals surface area contributed by atoms with E-state index in [1.807, 2.05) is 0 Å². The van der Waals surface area contributed by atoms with E-state index in [0.29, 0.717) is 10.1 Å². The van der Waals surface area contributed by atoms with E-state index in [0.717, 1.165) is 11.7 Å². The molecule has 0 saturated heterocycles. The highest BCUT2D eigenvalue weighted by atomic mass is 32.1. The lowest BCUT2D eigenvalue weighted by Gasteiger charge is -2.03. The Kier molecular flexibility index (Phi) is 1.36. The molecule has 1 rings (SSSR count). The van der Waals surface area contributed by atoms with E-state index >= 15 is 0 Å². The van der Waals surface area contributed by atoms with E-state index in [-0.39, 0.29) is 0 Å².